The molecule has 0 radical (unpaired) electrons. The minimum Gasteiger partial charge on any atom is -0.392 e. The molecule has 2 unspecified atom stereocenters. The molecule has 0 aromatic carbocycles. The average molecular weight is 184 g/mol. The number of nitriles is 1. The van der Waals surface area contributed by atoms with Crippen molar-refractivity contribution < 1.29 is 5.11 Å². The van der Waals surface area contributed by atoms with Crippen molar-refractivity contribution in [3.63, 3.8) is 0 Å². The highest BCUT2D eigenvalue weighted by Crippen LogP contribution is 2.12. The standard InChI is InChI=1S/C10H20N2O/c1-4-9(5-2)10(13)7-12-8(3)6-11/h8-10,12-13H,4-5,7H2,1-3H3. The summed E-state index contributed by atoms with van der Waals surface area (Å²) in [5.74, 6) is 0.346. The molecule has 0 rings (SSSR count). The van der Waals surface area contributed by atoms with Gasteiger partial charge < -0.3 is 5.11 Å². The molecule has 13 heavy (non-hydrogen) atoms. The van der Waals surface area contributed by atoms with Gasteiger partial charge in [-0.15, -0.1) is 0 Å². The summed E-state index contributed by atoms with van der Waals surface area (Å²) in [6.45, 7) is 6.46. The van der Waals surface area contributed by atoms with Gasteiger partial charge in [0.15, 0.2) is 0 Å². The third-order valence-electron chi connectivity index (χ3n) is 2.42. The molecule has 2 atom stereocenters. The van der Waals surface area contributed by atoms with Crippen LogP contribution in [0.25, 0.3) is 0 Å². The highest BCUT2D eigenvalue weighted by atomic mass is 16.3. The van der Waals surface area contributed by atoms with E-state index in [1.807, 2.05) is 0 Å². The van der Waals surface area contributed by atoms with Gasteiger partial charge in [0.25, 0.3) is 0 Å². The lowest BCUT2D eigenvalue weighted by molar-refractivity contribution is 0.100. The highest BCUT2D eigenvalue weighted by molar-refractivity contribution is 4.86. The summed E-state index contributed by atoms with van der Waals surface area (Å²) in [5, 5.41) is 21.2. The van der Waals surface area contributed by atoms with Crippen LogP contribution >= 0.6 is 0 Å². The van der Waals surface area contributed by atoms with Gasteiger partial charge in [-0.2, -0.15) is 5.26 Å². The van der Waals surface area contributed by atoms with Crippen LogP contribution in [0.2, 0.25) is 0 Å². The van der Waals surface area contributed by atoms with Crippen molar-refractivity contribution in [2.75, 3.05) is 6.54 Å². The summed E-state index contributed by atoms with van der Waals surface area (Å²) in [5.41, 5.74) is 0. The zero-order valence-corrected chi connectivity index (χ0v) is 8.75. The Hall–Kier alpha value is -0.590. The quantitative estimate of drug-likeness (QED) is 0.654. The molecule has 0 aliphatic heterocycles. The zero-order chi connectivity index (χ0) is 10.3. The zero-order valence-electron chi connectivity index (χ0n) is 8.75. The lowest BCUT2D eigenvalue weighted by Crippen LogP contribution is -2.36. The summed E-state index contributed by atoms with van der Waals surface area (Å²) in [7, 11) is 0. The van der Waals surface area contributed by atoms with Gasteiger partial charge in [0.05, 0.1) is 18.2 Å². The van der Waals surface area contributed by atoms with Gasteiger partial charge in [0, 0.05) is 6.54 Å². The summed E-state index contributed by atoms with van der Waals surface area (Å²) in [4.78, 5) is 0. The maximum atomic E-state index is 9.68. The van der Waals surface area contributed by atoms with Crippen LogP contribution in [0, 0.1) is 17.2 Å². The molecular weight excluding hydrogens is 164 g/mol. The van der Waals surface area contributed by atoms with E-state index in [0.29, 0.717) is 12.5 Å². The molecule has 0 fully saturated rings. The number of nitrogens with zero attached hydrogens (tertiary/aromatic N) is 1. The molecule has 0 aliphatic carbocycles. The van der Waals surface area contributed by atoms with E-state index in [9.17, 15) is 5.11 Å². The first-order valence-corrected chi connectivity index (χ1v) is 4.96. The second kappa shape index (κ2) is 6.88. The van der Waals surface area contributed by atoms with E-state index >= 15 is 0 Å². The molecule has 3 heteroatoms. The van der Waals surface area contributed by atoms with Crippen LogP contribution in [-0.2, 0) is 0 Å². The van der Waals surface area contributed by atoms with Crippen molar-refractivity contribution in [1.29, 1.82) is 5.26 Å². The van der Waals surface area contributed by atoms with Crippen molar-refractivity contribution in [2.45, 2.75) is 45.8 Å². The Balaban J connectivity index is 3.73. The van der Waals surface area contributed by atoms with E-state index in [1.54, 1.807) is 6.92 Å². The maximum Gasteiger partial charge on any atom is 0.0925 e. The van der Waals surface area contributed by atoms with Crippen LogP contribution in [0.3, 0.4) is 0 Å². The highest BCUT2D eigenvalue weighted by Gasteiger charge is 2.15. The number of hydrogen-bond donors (Lipinski definition) is 2. The second-order valence-corrected chi connectivity index (χ2v) is 3.40. The molecule has 0 saturated carbocycles. The third kappa shape index (κ3) is 4.87. The normalized spacial score (nSPS) is 15.4. The molecule has 0 saturated heterocycles. The van der Waals surface area contributed by atoms with E-state index in [0.717, 1.165) is 12.8 Å². The molecule has 2 N–H and O–H groups in total. The van der Waals surface area contributed by atoms with Gasteiger partial charge in [0.2, 0.25) is 0 Å². The lowest BCUT2D eigenvalue weighted by atomic mass is 9.96. The van der Waals surface area contributed by atoms with Gasteiger partial charge in [-0.25, -0.2) is 0 Å². The predicted octanol–water partition coefficient (Wildman–Crippen LogP) is 1.29. The molecule has 0 bridgehead atoms. The van der Waals surface area contributed by atoms with E-state index in [4.69, 9.17) is 5.26 Å². The summed E-state index contributed by atoms with van der Waals surface area (Å²) >= 11 is 0. The van der Waals surface area contributed by atoms with Crippen LogP contribution in [-0.4, -0.2) is 23.8 Å². The van der Waals surface area contributed by atoms with Crippen molar-refractivity contribution in [3.8, 4) is 6.07 Å². The number of nitrogens with one attached hydrogen (secondary N) is 1. The Kier molecular flexibility index (Phi) is 6.56. The minimum absolute atomic E-state index is 0.177. The van der Waals surface area contributed by atoms with Crippen LogP contribution in [0.1, 0.15) is 33.6 Å². The number of aliphatic hydroxyl groups excluding tert-OH is 1. The van der Waals surface area contributed by atoms with Gasteiger partial charge in [0.1, 0.15) is 0 Å². The molecule has 0 heterocycles. The molecule has 0 spiro atoms. The van der Waals surface area contributed by atoms with Gasteiger partial charge in [-0.1, -0.05) is 26.7 Å². The second-order valence-electron chi connectivity index (χ2n) is 3.40. The molecule has 0 aromatic rings. The van der Waals surface area contributed by atoms with Gasteiger partial charge >= 0.3 is 0 Å². The van der Waals surface area contributed by atoms with Crippen molar-refractivity contribution in [2.24, 2.45) is 5.92 Å². The SMILES string of the molecule is CCC(CC)C(O)CNC(C)C#N. The summed E-state index contributed by atoms with van der Waals surface area (Å²) in [6, 6.07) is 1.90. The molecular formula is C10H20N2O. The first kappa shape index (κ1) is 12.4. The van der Waals surface area contributed by atoms with Gasteiger partial charge in [-0.05, 0) is 12.8 Å². The Morgan fingerprint density at radius 2 is 1.92 bits per heavy atom. The van der Waals surface area contributed by atoms with Crippen LogP contribution in [0.4, 0.5) is 0 Å². The third-order valence-corrected chi connectivity index (χ3v) is 2.42. The molecule has 0 aromatic heterocycles. The number of rotatable bonds is 6. The van der Waals surface area contributed by atoms with E-state index in [1.165, 1.54) is 0 Å². The topological polar surface area (TPSA) is 56.0 Å². The van der Waals surface area contributed by atoms with E-state index in [2.05, 4.69) is 25.2 Å². The maximum absolute atomic E-state index is 9.68. The molecule has 0 aliphatic rings. The largest absolute Gasteiger partial charge is 0.392 e. The fourth-order valence-electron chi connectivity index (χ4n) is 1.34. The van der Waals surface area contributed by atoms with Crippen LogP contribution in [0.15, 0.2) is 0 Å². The van der Waals surface area contributed by atoms with E-state index in [-0.39, 0.29) is 12.1 Å². The Morgan fingerprint density at radius 3 is 2.31 bits per heavy atom. The van der Waals surface area contributed by atoms with Crippen LogP contribution in [0.5, 0.6) is 0 Å². The van der Waals surface area contributed by atoms with Crippen molar-refractivity contribution in [1.82, 2.24) is 5.32 Å². The van der Waals surface area contributed by atoms with Crippen molar-refractivity contribution >= 4 is 0 Å². The molecule has 0 amide bonds. The minimum atomic E-state index is -0.328. The molecule has 3 nitrogen and oxygen atoms in total. The monoisotopic (exact) mass is 184 g/mol. The Morgan fingerprint density at radius 1 is 1.38 bits per heavy atom. The van der Waals surface area contributed by atoms with Gasteiger partial charge in [-0.3, -0.25) is 5.32 Å². The van der Waals surface area contributed by atoms with Crippen LogP contribution < -0.4 is 5.32 Å². The molecule has 76 valence electrons. The van der Waals surface area contributed by atoms with E-state index < -0.39 is 0 Å². The fourth-order valence-corrected chi connectivity index (χ4v) is 1.34. The number of hydrogen-bond acceptors (Lipinski definition) is 3. The van der Waals surface area contributed by atoms with Crippen molar-refractivity contribution in [3.05, 3.63) is 0 Å². The fraction of sp³-hybridized carbons (Fsp3) is 0.900. The average Bonchev–Trinajstić information content (AvgIpc) is 2.16. The first-order valence-electron chi connectivity index (χ1n) is 4.96. The number of aliphatic hydroxyl groups is 1. The Labute approximate surface area is 80.8 Å². The smallest absolute Gasteiger partial charge is 0.0925 e. The predicted molar refractivity (Wildman–Crippen MR) is 53.2 cm³/mol. The first-order chi connectivity index (χ1) is 6.15. The summed E-state index contributed by atoms with van der Waals surface area (Å²) < 4.78 is 0. The summed E-state index contributed by atoms with van der Waals surface area (Å²) in [6.07, 6.45) is 1.64. The lowest BCUT2D eigenvalue weighted by Gasteiger charge is -2.20. The Bertz CT molecular complexity index is 161.